The second-order valence-electron chi connectivity index (χ2n) is 5.45. The Kier molecular flexibility index (Phi) is 4.97. The largest absolute Gasteiger partial charge is 0.421 e. The van der Waals surface area contributed by atoms with Crippen molar-refractivity contribution in [3.63, 3.8) is 0 Å². The number of carbonyl (C=O) groups excluding carboxylic acids is 1. The van der Waals surface area contributed by atoms with Crippen LogP contribution in [-0.4, -0.2) is 35.4 Å². The van der Waals surface area contributed by atoms with Crippen LogP contribution in [0.3, 0.4) is 0 Å². The predicted octanol–water partition coefficient (Wildman–Crippen LogP) is 2.10. The monoisotopic (exact) mass is 319 g/mol. The number of aromatic nitrogens is 2. The van der Waals surface area contributed by atoms with Gasteiger partial charge in [-0.25, -0.2) is 4.39 Å². The molecular weight excluding hydrogens is 301 g/mol. The van der Waals surface area contributed by atoms with Gasteiger partial charge in [-0.1, -0.05) is 0 Å². The van der Waals surface area contributed by atoms with Crippen molar-refractivity contribution in [2.24, 2.45) is 0 Å². The number of nitrogens with zero attached hydrogens (tertiary/aromatic N) is 2. The highest BCUT2D eigenvalue weighted by Crippen LogP contribution is 2.18. The third-order valence-corrected chi connectivity index (χ3v) is 3.67. The van der Waals surface area contributed by atoms with Gasteiger partial charge in [-0.3, -0.25) is 4.79 Å². The molecular formula is C16H18FN3O3. The molecule has 1 unspecified atom stereocenters. The average Bonchev–Trinajstić information content (AvgIpc) is 3.23. The molecule has 7 heteroatoms. The molecule has 1 aromatic heterocycles. The van der Waals surface area contributed by atoms with E-state index in [1.165, 1.54) is 12.1 Å². The van der Waals surface area contributed by atoms with E-state index in [9.17, 15) is 9.18 Å². The first-order chi connectivity index (χ1) is 11.2. The van der Waals surface area contributed by atoms with Crippen LogP contribution < -0.4 is 5.32 Å². The summed E-state index contributed by atoms with van der Waals surface area (Å²) >= 11 is 0. The van der Waals surface area contributed by atoms with E-state index in [-0.39, 0.29) is 24.2 Å². The van der Waals surface area contributed by atoms with Gasteiger partial charge in [-0.2, -0.15) is 0 Å². The molecule has 0 aliphatic carbocycles. The molecule has 122 valence electrons. The Morgan fingerprint density at radius 1 is 1.30 bits per heavy atom. The maximum absolute atomic E-state index is 12.9. The van der Waals surface area contributed by atoms with Crippen LogP contribution >= 0.6 is 0 Å². The van der Waals surface area contributed by atoms with E-state index in [1.54, 1.807) is 12.1 Å². The molecule has 1 N–H and O–H groups in total. The molecule has 2 aromatic rings. The van der Waals surface area contributed by atoms with Crippen molar-refractivity contribution in [1.29, 1.82) is 0 Å². The predicted molar refractivity (Wildman–Crippen MR) is 80.0 cm³/mol. The number of hydrogen-bond acceptors (Lipinski definition) is 5. The molecule has 1 fully saturated rings. The molecule has 0 spiro atoms. The summed E-state index contributed by atoms with van der Waals surface area (Å²) in [5, 5.41) is 10.7. The van der Waals surface area contributed by atoms with Crippen LogP contribution in [-0.2, 0) is 16.0 Å². The molecule has 6 nitrogen and oxygen atoms in total. The van der Waals surface area contributed by atoms with Gasteiger partial charge in [-0.15, -0.1) is 10.2 Å². The van der Waals surface area contributed by atoms with Gasteiger partial charge in [0.05, 0.1) is 6.10 Å². The van der Waals surface area contributed by atoms with E-state index in [1.807, 2.05) is 0 Å². The summed E-state index contributed by atoms with van der Waals surface area (Å²) in [6.07, 6.45) is 2.82. The first-order valence-electron chi connectivity index (χ1n) is 7.67. The molecule has 1 aliphatic heterocycles. The minimum atomic E-state index is -0.323. The maximum atomic E-state index is 12.9. The zero-order valence-electron chi connectivity index (χ0n) is 12.6. The molecule has 0 bridgehead atoms. The van der Waals surface area contributed by atoms with Crippen molar-refractivity contribution in [2.75, 3.05) is 13.2 Å². The summed E-state index contributed by atoms with van der Waals surface area (Å²) in [5.74, 6) is 0.315. The van der Waals surface area contributed by atoms with Crippen molar-refractivity contribution < 1.29 is 18.3 Å². The highest BCUT2D eigenvalue weighted by Gasteiger charge is 2.16. The van der Waals surface area contributed by atoms with Crippen LogP contribution in [0.4, 0.5) is 4.39 Å². The van der Waals surface area contributed by atoms with E-state index in [2.05, 4.69) is 15.5 Å². The zero-order chi connectivity index (χ0) is 16.1. The summed E-state index contributed by atoms with van der Waals surface area (Å²) in [4.78, 5) is 11.8. The molecule has 23 heavy (non-hydrogen) atoms. The van der Waals surface area contributed by atoms with E-state index in [0.29, 0.717) is 30.3 Å². The number of hydrogen-bond donors (Lipinski definition) is 1. The van der Waals surface area contributed by atoms with Crippen LogP contribution in [0.25, 0.3) is 11.5 Å². The van der Waals surface area contributed by atoms with E-state index >= 15 is 0 Å². The van der Waals surface area contributed by atoms with Gasteiger partial charge < -0.3 is 14.5 Å². The normalized spacial score (nSPS) is 17.3. The molecule has 1 amide bonds. The van der Waals surface area contributed by atoms with Crippen molar-refractivity contribution in [1.82, 2.24) is 15.5 Å². The Hall–Kier alpha value is -2.28. The van der Waals surface area contributed by atoms with Crippen LogP contribution in [0.15, 0.2) is 28.7 Å². The van der Waals surface area contributed by atoms with Crippen LogP contribution in [0.5, 0.6) is 0 Å². The van der Waals surface area contributed by atoms with Crippen molar-refractivity contribution in [2.45, 2.75) is 31.8 Å². The first-order valence-corrected chi connectivity index (χ1v) is 7.67. The van der Waals surface area contributed by atoms with Crippen molar-refractivity contribution in [3.8, 4) is 11.5 Å². The van der Waals surface area contributed by atoms with Gasteiger partial charge in [-0.05, 0) is 37.1 Å². The Morgan fingerprint density at radius 2 is 2.13 bits per heavy atom. The average molecular weight is 319 g/mol. The number of nitrogens with one attached hydrogen (secondary N) is 1. The SMILES string of the molecule is O=C(CCc1nnc(-c2ccc(F)cc2)o1)NCC1CCCO1. The lowest BCUT2D eigenvalue weighted by Crippen LogP contribution is -2.31. The highest BCUT2D eigenvalue weighted by molar-refractivity contribution is 5.76. The molecule has 1 atom stereocenters. The number of ether oxygens (including phenoxy) is 1. The molecule has 3 rings (SSSR count). The number of amides is 1. The smallest absolute Gasteiger partial charge is 0.247 e. The molecule has 0 saturated carbocycles. The van der Waals surface area contributed by atoms with Crippen LogP contribution in [0.1, 0.15) is 25.2 Å². The zero-order valence-corrected chi connectivity index (χ0v) is 12.6. The molecule has 1 aromatic carbocycles. The summed E-state index contributed by atoms with van der Waals surface area (Å²) in [6, 6.07) is 5.80. The van der Waals surface area contributed by atoms with Gasteiger partial charge in [0, 0.05) is 31.6 Å². The fourth-order valence-electron chi connectivity index (χ4n) is 2.41. The van der Waals surface area contributed by atoms with E-state index in [0.717, 1.165) is 19.4 Å². The topological polar surface area (TPSA) is 77.2 Å². The van der Waals surface area contributed by atoms with Gasteiger partial charge in [0.1, 0.15) is 5.82 Å². The molecule has 1 aliphatic rings. The minimum Gasteiger partial charge on any atom is -0.421 e. The number of benzene rings is 1. The number of halogens is 1. The van der Waals surface area contributed by atoms with E-state index < -0.39 is 0 Å². The third-order valence-electron chi connectivity index (χ3n) is 3.67. The fraction of sp³-hybridized carbons (Fsp3) is 0.438. The van der Waals surface area contributed by atoms with Gasteiger partial charge in [0.2, 0.25) is 17.7 Å². The lowest BCUT2D eigenvalue weighted by Gasteiger charge is -2.10. The van der Waals surface area contributed by atoms with Crippen LogP contribution in [0, 0.1) is 5.82 Å². The van der Waals surface area contributed by atoms with Crippen molar-refractivity contribution in [3.05, 3.63) is 36.0 Å². The summed E-state index contributed by atoms with van der Waals surface area (Å²) in [6.45, 7) is 1.32. The summed E-state index contributed by atoms with van der Waals surface area (Å²) in [5.41, 5.74) is 0.646. The van der Waals surface area contributed by atoms with Gasteiger partial charge >= 0.3 is 0 Å². The second kappa shape index (κ2) is 7.32. The lowest BCUT2D eigenvalue weighted by molar-refractivity contribution is -0.121. The summed E-state index contributed by atoms with van der Waals surface area (Å²) in [7, 11) is 0. The maximum Gasteiger partial charge on any atom is 0.247 e. The molecule has 0 radical (unpaired) electrons. The standard InChI is InChI=1S/C16H18FN3O3/c17-12-5-3-11(4-6-12)16-20-19-15(23-16)8-7-14(21)18-10-13-2-1-9-22-13/h3-6,13H,1-2,7-10H2,(H,18,21). The Labute approximate surface area is 133 Å². The Bertz CT molecular complexity index is 651. The quantitative estimate of drug-likeness (QED) is 0.882. The summed E-state index contributed by atoms with van der Waals surface area (Å²) < 4.78 is 23.8. The second-order valence-corrected chi connectivity index (χ2v) is 5.45. The van der Waals surface area contributed by atoms with Gasteiger partial charge in [0.25, 0.3) is 0 Å². The van der Waals surface area contributed by atoms with E-state index in [4.69, 9.17) is 9.15 Å². The molecule has 2 heterocycles. The number of carbonyl (C=O) groups is 1. The highest BCUT2D eigenvalue weighted by atomic mass is 19.1. The third kappa shape index (κ3) is 4.35. The lowest BCUT2D eigenvalue weighted by atomic mass is 10.2. The first kappa shape index (κ1) is 15.6. The minimum absolute atomic E-state index is 0.0676. The molecule has 1 saturated heterocycles. The van der Waals surface area contributed by atoms with Gasteiger partial charge in [0.15, 0.2) is 0 Å². The van der Waals surface area contributed by atoms with Crippen molar-refractivity contribution >= 4 is 5.91 Å². The van der Waals surface area contributed by atoms with Crippen LogP contribution in [0.2, 0.25) is 0 Å². The number of aryl methyl sites for hydroxylation is 1. The fourth-order valence-corrected chi connectivity index (χ4v) is 2.41. The Morgan fingerprint density at radius 3 is 2.87 bits per heavy atom. The number of rotatable bonds is 6. The Balaban J connectivity index is 1.47.